The monoisotopic (exact) mass is 623 g/mol. The number of carboxylic acid groups (broad SMARTS) is 1. The molecule has 1 saturated carbocycles. The number of benzene rings is 3. The van der Waals surface area contributed by atoms with Crippen LogP contribution in [0.3, 0.4) is 0 Å². The summed E-state index contributed by atoms with van der Waals surface area (Å²) in [6.07, 6.45) is 6.74. The van der Waals surface area contributed by atoms with Crippen LogP contribution in [-0.4, -0.2) is 34.1 Å². The van der Waals surface area contributed by atoms with Gasteiger partial charge in [0.1, 0.15) is 12.4 Å². The highest BCUT2D eigenvalue weighted by Gasteiger charge is 2.23. The first-order valence-corrected chi connectivity index (χ1v) is 14.1. The lowest BCUT2D eigenvalue weighted by atomic mass is 9.88. The van der Waals surface area contributed by atoms with Crippen molar-refractivity contribution in [2.45, 2.75) is 44.6 Å². The molecule has 8 nitrogen and oxygen atoms in total. The Morgan fingerprint density at radius 2 is 1.98 bits per heavy atom. The van der Waals surface area contributed by atoms with Gasteiger partial charge in [0.05, 0.1) is 29.8 Å². The smallest absolute Gasteiger partial charge is 0.335 e. The second-order valence-corrected chi connectivity index (χ2v) is 11.0. The molecule has 1 aliphatic rings. The van der Waals surface area contributed by atoms with Crippen molar-refractivity contribution in [1.82, 2.24) is 9.66 Å². The fourth-order valence-electron chi connectivity index (χ4n) is 4.96. The molecule has 10 heteroatoms. The van der Waals surface area contributed by atoms with Crippen LogP contribution in [-0.2, 0) is 6.61 Å². The number of rotatable bonds is 8. The molecule has 4 aromatic rings. The number of carbonyl (C=O) groups is 1. The van der Waals surface area contributed by atoms with Gasteiger partial charge in [-0.3, -0.25) is 4.79 Å². The number of hydrogen-bond donors (Lipinski definition) is 1. The third-order valence-corrected chi connectivity index (χ3v) is 7.65. The number of aromatic carboxylic acids is 1. The number of halogens is 2. The van der Waals surface area contributed by atoms with Gasteiger partial charge in [0.25, 0.3) is 5.56 Å². The number of aromatic nitrogens is 2. The van der Waals surface area contributed by atoms with Crippen LogP contribution in [0.4, 0.5) is 0 Å². The lowest BCUT2D eigenvalue weighted by Crippen LogP contribution is -2.25. The molecule has 0 radical (unpaired) electrons. The fourth-order valence-corrected chi connectivity index (χ4v) is 5.54. The second kappa shape index (κ2) is 12.2. The summed E-state index contributed by atoms with van der Waals surface area (Å²) in [5.74, 6) is 0.480. The van der Waals surface area contributed by atoms with E-state index in [-0.39, 0.29) is 23.6 Å². The highest BCUT2D eigenvalue weighted by molar-refractivity contribution is 9.10. The van der Waals surface area contributed by atoms with Gasteiger partial charge in [0, 0.05) is 27.0 Å². The average molecular weight is 625 g/mol. The van der Waals surface area contributed by atoms with Crippen LogP contribution in [0.2, 0.25) is 5.02 Å². The van der Waals surface area contributed by atoms with Gasteiger partial charge in [-0.05, 0) is 54.8 Å². The second-order valence-electron chi connectivity index (χ2n) is 9.65. The van der Waals surface area contributed by atoms with E-state index in [0.717, 1.165) is 30.2 Å². The maximum Gasteiger partial charge on any atom is 0.335 e. The van der Waals surface area contributed by atoms with Gasteiger partial charge in [-0.25, -0.2) is 9.78 Å². The molecule has 1 N–H and O–H groups in total. The molecular weight excluding hydrogens is 598 g/mol. The summed E-state index contributed by atoms with van der Waals surface area (Å²) in [7, 11) is 1.50. The van der Waals surface area contributed by atoms with Crippen LogP contribution in [0.25, 0.3) is 10.9 Å². The molecule has 0 saturated heterocycles. The predicted molar refractivity (Wildman–Crippen MR) is 158 cm³/mol. The summed E-state index contributed by atoms with van der Waals surface area (Å²) in [6, 6.07) is 15.3. The van der Waals surface area contributed by atoms with E-state index in [4.69, 9.17) is 26.1 Å². The molecule has 0 aliphatic heterocycles. The van der Waals surface area contributed by atoms with Crippen LogP contribution >= 0.6 is 27.5 Å². The van der Waals surface area contributed by atoms with Crippen molar-refractivity contribution >= 4 is 50.6 Å². The minimum absolute atomic E-state index is 0.0821. The SMILES string of the molecule is COc1cc(Cl)cc(C=Nn2c(C3CCCCC3)nc3ccc(Br)cc3c2=O)c1OCc1cccc(C(=O)O)c1. The molecule has 206 valence electrons. The van der Waals surface area contributed by atoms with E-state index in [1.54, 1.807) is 36.4 Å². The Bertz CT molecular complexity index is 1660. The maximum absolute atomic E-state index is 13.7. The normalized spacial score (nSPS) is 14.1. The van der Waals surface area contributed by atoms with Crippen LogP contribution in [0, 0.1) is 0 Å². The van der Waals surface area contributed by atoms with Crippen LogP contribution in [0.15, 0.2) is 69.0 Å². The topological polar surface area (TPSA) is 103 Å². The molecule has 0 unspecified atom stereocenters. The summed E-state index contributed by atoms with van der Waals surface area (Å²) in [5.41, 5.74) is 1.70. The first-order chi connectivity index (χ1) is 19.3. The lowest BCUT2D eigenvalue weighted by Gasteiger charge is -2.23. The van der Waals surface area contributed by atoms with Gasteiger partial charge < -0.3 is 14.6 Å². The van der Waals surface area contributed by atoms with E-state index in [0.29, 0.717) is 44.4 Å². The maximum atomic E-state index is 13.7. The zero-order valence-corrected chi connectivity index (χ0v) is 24.1. The molecule has 0 bridgehead atoms. The fraction of sp³-hybridized carbons (Fsp3) is 0.267. The Labute approximate surface area is 244 Å². The Morgan fingerprint density at radius 1 is 1.18 bits per heavy atom. The molecule has 1 fully saturated rings. The summed E-state index contributed by atoms with van der Waals surface area (Å²) in [4.78, 5) is 30.0. The number of nitrogens with zero attached hydrogens (tertiary/aromatic N) is 3. The van der Waals surface area contributed by atoms with E-state index < -0.39 is 5.97 Å². The van der Waals surface area contributed by atoms with Gasteiger partial charge in [0.2, 0.25) is 0 Å². The van der Waals surface area contributed by atoms with Gasteiger partial charge in [-0.2, -0.15) is 9.78 Å². The lowest BCUT2D eigenvalue weighted by molar-refractivity contribution is 0.0696. The number of carboxylic acids is 1. The highest BCUT2D eigenvalue weighted by Crippen LogP contribution is 2.35. The predicted octanol–water partition coefficient (Wildman–Crippen LogP) is 7.03. The van der Waals surface area contributed by atoms with E-state index >= 15 is 0 Å². The quantitative estimate of drug-likeness (QED) is 0.211. The molecule has 3 aromatic carbocycles. The molecule has 5 rings (SSSR count). The van der Waals surface area contributed by atoms with E-state index in [9.17, 15) is 14.7 Å². The van der Waals surface area contributed by atoms with Gasteiger partial charge >= 0.3 is 5.97 Å². The molecule has 1 aliphatic carbocycles. The summed E-state index contributed by atoms with van der Waals surface area (Å²) in [6.45, 7) is 0.0821. The van der Waals surface area contributed by atoms with Crippen molar-refractivity contribution in [3.8, 4) is 11.5 Å². The van der Waals surface area contributed by atoms with Crippen molar-refractivity contribution in [1.29, 1.82) is 0 Å². The summed E-state index contributed by atoms with van der Waals surface area (Å²) >= 11 is 9.84. The molecule has 40 heavy (non-hydrogen) atoms. The Hall–Kier alpha value is -3.69. The first kappa shape index (κ1) is 27.9. The molecule has 0 amide bonds. The first-order valence-electron chi connectivity index (χ1n) is 12.9. The van der Waals surface area contributed by atoms with Crippen LogP contribution < -0.4 is 15.0 Å². The summed E-state index contributed by atoms with van der Waals surface area (Å²) in [5, 5.41) is 14.8. The van der Waals surface area contributed by atoms with Crippen LogP contribution in [0.5, 0.6) is 11.5 Å². The number of ether oxygens (including phenoxy) is 2. The molecular formula is C30H27BrClN3O5. The zero-order chi connectivity index (χ0) is 28.2. The summed E-state index contributed by atoms with van der Waals surface area (Å²) < 4.78 is 13.8. The van der Waals surface area contributed by atoms with E-state index in [1.165, 1.54) is 30.5 Å². The molecule has 0 atom stereocenters. The molecule has 0 spiro atoms. The largest absolute Gasteiger partial charge is 0.493 e. The number of methoxy groups -OCH3 is 1. The van der Waals surface area contributed by atoms with Gasteiger partial charge in [0.15, 0.2) is 11.5 Å². The zero-order valence-electron chi connectivity index (χ0n) is 21.8. The molecule has 1 heterocycles. The number of hydrogen-bond acceptors (Lipinski definition) is 6. The van der Waals surface area contributed by atoms with Crippen LogP contribution in [0.1, 0.15) is 65.3 Å². The van der Waals surface area contributed by atoms with E-state index in [2.05, 4.69) is 21.0 Å². The van der Waals surface area contributed by atoms with Gasteiger partial charge in [-0.1, -0.05) is 58.9 Å². The third kappa shape index (κ3) is 6.05. The number of fused-ring (bicyclic) bond motifs is 1. The third-order valence-electron chi connectivity index (χ3n) is 6.94. The van der Waals surface area contributed by atoms with Crippen molar-refractivity contribution in [3.63, 3.8) is 0 Å². The van der Waals surface area contributed by atoms with E-state index in [1.807, 2.05) is 12.1 Å². The average Bonchev–Trinajstić information content (AvgIpc) is 2.96. The van der Waals surface area contributed by atoms with Gasteiger partial charge in [-0.15, -0.1) is 0 Å². The highest BCUT2D eigenvalue weighted by atomic mass is 79.9. The Kier molecular flexibility index (Phi) is 8.52. The van der Waals surface area contributed by atoms with Crippen molar-refractivity contribution in [2.24, 2.45) is 5.10 Å². The van der Waals surface area contributed by atoms with Crippen molar-refractivity contribution in [3.05, 3.63) is 97.0 Å². The van der Waals surface area contributed by atoms with Crippen molar-refractivity contribution < 1.29 is 19.4 Å². The minimum atomic E-state index is -1.02. The minimum Gasteiger partial charge on any atom is -0.493 e. The molecule has 1 aromatic heterocycles. The Morgan fingerprint density at radius 3 is 2.73 bits per heavy atom. The standard InChI is InChI=1S/C30H27BrClN3O5/c1-39-26-15-23(32)13-21(27(26)40-17-18-6-5-9-20(12-18)30(37)38)16-33-35-28(19-7-3-2-4-8-19)34-25-11-10-22(31)14-24(25)29(35)36/h5-6,9-16,19H,2-4,7-8,17H2,1H3,(H,37,38). The van der Waals surface area contributed by atoms with Crippen molar-refractivity contribution in [2.75, 3.05) is 7.11 Å². The Balaban J connectivity index is 1.57.